The molecule has 0 radical (unpaired) electrons. The number of H-pyrrole nitrogens is 1. The minimum Gasteiger partial charge on any atom is -0.444 e. The Morgan fingerprint density at radius 3 is 2.33 bits per heavy atom. The zero-order chi connectivity index (χ0) is 30.3. The topological polar surface area (TPSA) is 102 Å². The normalized spacial score (nSPS) is 15.1. The molecule has 10 heteroatoms. The Hall–Kier alpha value is -4.34. The average molecular weight is 573 g/mol. The number of nitrogens with zero attached hydrogens (tertiary/aromatic N) is 5. The highest BCUT2D eigenvalue weighted by Gasteiger charge is 2.29. The summed E-state index contributed by atoms with van der Waals surface area (Å²) in [5.74, 6) is 0.624. The number of anilines is 3. The summed E-state index contributed by atoms with van der Waals surface area (Å²) in [5.41, 5.74) is 5.46. The molecule has 0 atom stereocenters. The number of aromatic nitrogens is 2. The number of amides is 2. The van der Waals surface area contributed by atoms with Gasteiger partial charge in [-0.1, -0.05) is 0 Å². The first kappa shape index (κ1) is 29.2. The van der Waals surface area contributed by atoms with Gasteiger partial charge < -0.3 is 29.3 Å². The lowest BCUT2D eigenvalue weighted by atomic mass is 9.96. The van der Waals surface area contributed by atoms with Gasteiger partial charge in [0.1, 0.15) is 17.1 Å². The van der Waals surface area contributed by atoms with E-state index in [0.29, 0.717) is 37.4 Å². The zero-order valence-electron chi connectivity index (χ0n) is 25.6. The molecular formula is C32H40N6O4. The first-order valence-corrected chi connectivity index (χ1v) is 14.4. The monoisotopic (exact) mass is 572 g/mol. The van der Waals surface area contributed by atoms with E-state index in [0.717, 1.165) is 52.4 Å². The molecule has 0 saturated carbocycles. The number of hydrogen-bond acceptors (Lipinski definition) is 7. The number of likely N-dealkylation sites (N-methyl/N-ethyl adjacent to an activating group) is 1. The van der Waals surface area contributed by atoms with Gasteiger partial charge in [0.25, 0.3) is 11.5 Å². The van der Waals surface area contributed by atoms with Crippen molar-refractivity contribution in [3.8, 4) is 11.1 Å². The third kappa shape index (κ3) is 5.84. The van der Waals surface area contributed by atoms with Crippen LogP contribution in [0.25, 0.3) is 11.1 Å². The lowest BCUT2D eigenvalue weighted by Gasteiger charge is -2.36. The van der Waals surface area contributed by atoms with E-state index in [9.17, 15) is 14.4 Å². The molecular weight excluding hydrogens is 532 g/mol. The molecule has 1 aromatic carbocycles. The number of piperazine rings is 1. The summed E-state index contributed by atoms with van der Waals surface area (Å²) < 4.78 is 5.51. The molecule has 0 aliphatic carbocycles. The van der Waals surface area contributed by atoms with E-state index in [1.54, 1.807) is 11.9 Å². The molecule has 4 heterocycles. The molecule has 3 aromatic rings. The number of ether oxygens (including phenoxy) is 1. The molecule has 1 fully saturated rings. The van der Waals surface area contributed by atoms with Crippen LogP contribution in [0.3, 0.4) is 0 Å². The predicted octanol–water partition coefficient (Wildman–Crippen LogP) is 4.38. The summed E-state index contributed by atoms with van der Waals surface area (Å²) >= 11 is 0. The molecule has 0 bridgehead atoms. The number of aromatic amines is 1. The van der Waals surface area contributed by atoms with Crippen LogP contribution in [0.2, 0.25) is 0 Å². The van der Waals surface area contributed by atoms with Crippen molar-refractivity contribution < 1.29 is 14.3 Å². The SMILES string of the molecule is Cc1cc(C)c(N(C)C(=O)c2cc(-c3ccc(N4CCN(C(=O)OC(C)(C)C)CC4)nc3)cc3c2CCN3C)c(=O)[nH]1. The van der Waals surface area contributed by atoms with E-state index < -0.39 is 5.60 Å². The summed E-state index contributed by atoms with van der Waals surface area (Å²) in [6.45, 7) is 12.6. The van der Waals surface area contributed by atoms with Gasteiger partial charge in [-0.05, 0) is 88.1 Å². The van der Waals surface area contributed by atoms with E-state index in [4.69, 9.17) is 9.72 Å². The highest BCUT2D eigenvalue weighted by molar-refractivity contribution is 6.09. The number of rotatable bonds is 4. The van der Waals surface area contributed by atoms with Crippen molar-refractivity contribution in [2.24, 2.45) is 0 Å². The van der Waals surface area contributed by atoms with Gasteiger partial charge in [-0.25, -0.2) is 9.78 Å². The maximum Gasteiger partial charge on any atom is 0.410 e. The van der Waals surface area contributed by atoms with Gasteiger partial charge in [-0.3, -0.25) is 9.59 Å². The minimum absolute atomic E-state index is 0.215. The van der Waals surface area contributed by atoms with Crippen molar-refractivity contribution in [2.45, 2.75) is 46.6 Å². The molecule has 1 N–H and O–H groups in total. The third-order valence-corrected chi connectivity index (χ3v) is 7.87. The third-order valence-electron chi connectivity index (χ3n) is 7.87. The summed E-state index contributed by atoms with van der Waals surface area (Å²) in [6.07, 6.45) is 2.31. The number of carbonyl (C=O) groups is 2. The average Bonchev–Trinajstić information content (AvgIpc) is 3.31. The number of nitrogens with one attached hydrogen (secondary N) is 1. The Balaban J connectivity index is 1.38. The largest absolute Gasteiger partial charge is 0.444 e. The molecule has 222 valence electrons. The van der Waals surface area contributed by atoms with E-state index in [1.807, 2.05) is 72.1 Å². The Morgan fingerprint density at radius 1 is 1.00 bits per heavy atom. The zero-order valence-corrected chi connectivity index (χ0v) is 25.6. The van der Waals surface area contributed by atoms with E-state index in [1.165, 1.54) is 4.90 Å². The van der Waals surface area contributed by atoms with Crippen molar-refractivity contribution >= 4 is 29.2 Å². The highest BCUT2D eigenvalue weighted by Crippen LogP contribution is 2.36. The number of carbonyl (C=O) groups excluding carboxylic acids is 2. The van der Waals surface area contributed by atoms with Crippen LogP contribution >= 0.6 is 0 Å². The number of aryl methyl sites for hydroxylation is 2. The Morgan fingerprint density at radius 2 is 1.71 bits per heavy atom. The first-order chi connectivity index (χ1) is 19.8. The minimum atomic E-state index is -0.519. The summed E-state index contributed by atoms with van der Waals surface area (Å²) in [4.78, 5) is 54.2. The van der Waals surface area contributed by atoms with Crippen molar-refractivity contribution in [3.63, 3.8) is 0 Å². The fraction of sp³-hybridized carbons (Fsp3) is 0.438. The van der Waals surface area contributed by atoms with Crippen molar-refractivity contribution in [1.82, 2.24) is 14.9 Å². The Kier molecular flexibility index (Phi) is 7.74. The quantitative estimate of drug-likeness (QED) is 0.495. The molecule has 10 nitrogen and oxygen atoms in total. The Bertz CT molecular complexity index is 1570. The number of benzene rings is 1. The van der Waals surface area contributed by atoms with Crippen LogP contribution in [0.15, 0.2) is 41.3 Å². The fourth-order valence-corrected chi connectivity index (χ4v) is 5.75. The van der Waals surface area contributed by atoms with Crippen molar-refractivity contribution in [1.29, 1.82) is 0 Å². The molecule has 2 aromatic heterocycles. The fourth-order valence-electron chi connectivity index (χ4n) is 5.75. The van der Waals surface area contributed by atoms with Crippen molar-refractivity contribution in [2.75, 3.05) is 61.5 Å². The maximum absolute atomic E-state index is 13.9. The van der Waals surface area contributed by atoms with E-state index in [-0.39, 0.29) is 17.6 Å². The lowest BCUT2D eigenvalue weighted by molar-refractivity contribution is 0.0240. The second kappa shape index (κ2) is 11.2. The molecule has 0 unspecified atom stereocenters. The van der Waals surface area contributed by atoms with Gasteiger partial charge in [0.05, 0.1) is 0 Å². The van der Waals surface area contributed by atoms with Gasteiger partial charge in [0.15, 0.2) is 0 Å². The Labute approximate surface area is 246 Å². The molecule has 1 saturated heterocycles. The van der Waals surface area contributed by atoms with Gasteiger partial charge in [0, 0.05) is 75.5 Å². The van der Waals surface area contributed by atoms with Crippen molar-refractivity contribution in [3.05, 3.63) is 69.3 Å². The molecule has 2 aliphatic rings. The summed E-state index contributed by atoms with van der Waals surface area (Å²) in [6, 6.07) is 9.91. The van der Waals surface area contributed by atoms with Crippen LogP contribution in [0, 0.1) is 13.8 Å². The molecule has 2 amide bonds. The van der Waals surface area contributed by atoms with Gasteiger partial charge in [-0.15, -0.1) is 0 Å². The van der Waals surface area contributed by atoms with Crippen LogP contribution in [-0.2, 0) is 11.2 Å². The van der Waals surface area contributed by atoms with Crippen LogP contribution in [0.4, 0.5) is 22.0 Å². The summed E-state index contributed by atoms with van der Waals surface area (Å²) in [5, 5.41) is 0. The molecule has 2 aliphatic heterocycles. The second-order valence-electron chi connectivity index (χ2n) is 12.2. The lowest BCUT2D eigenvalue weighted by Crippen LogP contribution is -2.50. The van der Waals surface area contributed by atoms with E-state index >= 15 is 0 Å². The molecule has 0 spiro atoms. The number of fused-ring (bicyclic) bond motifs is 1. The summed E-state index contributed by atoms with van der Waals surface area (Å²) in [7, 11) is 3.69. The highest BCUT2D eigenvalue weighted by atomic mass is 16.6. The van der Waals surface area contributed by atoms with E-state index in [2.05, 4.69) is 20.9 Å². The molecule has 5 rings (SSSR count). The predicted molar refractivity (Wildman–Crippen MR) is 166 cm³/mol. The number of pyridine rings is 2. The van der Waals surface area contributed by atoms with Crippen LogP contribution in [-0.4, -0.2) is 79.3 Å². The molecule has 42 heavy (non-hydrogen) atoms. The first-order valence-electron chi connectivity index (χ1n) is 14.4. The second-order valence-corrected chi connectivity index (χ2v) is 12.2. The number of hydrogen-bond donors (Lipinski definition) is 1. The van der Waals surface area contributed by atoms with Gasteiger partial charge in [0.2, 0.25) is 0 Å². The van der Waals surface area contributed by atoms with Gasteiger partial charge in [-0.2, -0.15) is 0 Å². The standard InChI is InChI=1S/C32H40N6O4/c1-20-16-21(2)34-29(39)28(20)36(7)30(40)25-17-23(18-26-24(25)10-11-35(26)6)22-8-9-27(33-19-22)37-12-14-38(15-13-37)31(41)42-32(3,4)5/h8-9,16-19H,10-15H2,1-7H3,(H,34,39). The smallest absolute Gasteiger partial charge is 0.410 e. The van der Waals surface area contributed by atoms with Gasteiger partial charge >= 0.3 is 6.09 Å². The van der Waals surface area contributed by atoms with Crippen LogP contribution < -0.4 is 20.3 Å². The van der Waals surface area contributed by atoms with Crippen LogP contribution in [0.5, 0.6) is 0 Å². The van der Waals surface area contributed by atoms with Crippen LogP contribution in [0.1, 0.15) is 48.0 Å². The maximum atomic E-state index is 13.9.